The average molecular weight is 373 g/mol. The standard InChI is InChI=1S/C18H20FN5O3/c1-12-2-3-13(15(19)6-12)10-27-18(25)24-4-5-26-14(9-24)7-22-16-8-21-11-23-17(16)20/h2-3,6-8,11,14H,4-5,9-10H2,1H3,(H2,20,21,23)/b22-7+/t14-/m1/s1. The summed E-state index contributed by atoms with van der Waals surface area (Å²) in [5.41, 5.74) is 7.27. The van der Waals surface area contributed by atoms with Crippen LogP contribution < -0.4 is 5.73 Å². The first-order chi connectivity index (χ1) is 13.0. The number of hydrogen-bond acceptors (Lipinski definition) is 7. The fraction of sp³-hybridized carbons (Fsp3) is 0.333. The summed E-state index contributed by atoms with van der Waals surface area (Å²) in [5.74, 6) is -0.133. The molecule has 1 amide bonds. The lowest BCUT2D eigenvalue weighted by molar-refractivity contribution is 0.00313. The zero-order valence-electron chi connectivity index (χ0n) is 14.8. The first kappa shape index (κ1) is 18.7. The van der Waals surface area contributed by atoms with Crippen molar-refractivity contribution >= 4 is 23.8 Å². The highest BCUT2D eigenvalue weighted by molar-refractivity contribution is 5.73. The Bertz CT molecular complexity index is 845. The maximum atomic E-state index is 13.8. The second kappa shape index (κ2) is 8.54. The Balaban J connectivity index is 1.55. The number of aliphatic imine (C=N–C) groups is 1. The van der Waals surface area contributed by atoms with E-state index in [-0.39, 0.29) is 19.0 Å². The van der Waals surface area contributed by atoms with Gasteiger partial charge in [-0.1, -0.05) is 12.1 Å². The second-order valence-electron chi connectivity index (χ2n) is 6.08. The molecule has 2 aromatic rings. The van der Waals surface area contributed by atoms with Crippen LogP contribution in [0.5, 0.6) is 0 Å². The summed E-state index contributed by atoms with van der Waals surface area (Å²) in [6, 6.07) is 4.79. The van der Waals surface area contributed by atoms with Crippen LogP contribution in [0.1, 0.15) is 11.1 Å². The van der Waals surface area contributed by atoms with E-state index in [9.17, 15) is 9.18 Å². The summed E-state index contributed by atoms with van der Waals surface area (Å²) in [5, 5.41) is 0. The minimum absolute atomic E-state index is 0.126. The van der Waals surface area contributed by atoms with Gasteiger partial charge in [0.1, 0.15) is 30.5 Å². The Morgan fingerprint density at radius 2 is 2.41 bits per heavy atom. The number of carbonyl (C=O) groups excluding carboxylic acids is 1. The minimum atomic E-state index is -0.528. The van der Waals surface area contributed by atoms with Crippen LogP contribution in [0.4, 0.5) is 20.7 Å². The van der Waals surface area contributed by atoms with Crippen LogP contribution in [0.15, 0.2) is 35.7 Å². The van der Waals surface area contributed by atoms with Crippen LogP contribution in [-0.4, -0.2) is 53.0 Å². The largest absolute Gasteiger partial charge is 0.444 e. The fourth-order valence-electron chi connectivity index (χ4n) is 2.53. The summed E-state index contributed by atoms with van der Waals surface area (Å²) >= 11 is 0. The van der Waals surface area contributed by atoms with Crippen LogP contribution in [-0.2, 0) is 16.1 Å². The third-order valence-corrected chi connectivity index (χ3v) is 4.01. The highest BCUT2D eigenvalue weighted by Gasteiger charge is 2.24. The zero-order valence-corrected chi connectivity index (χ0v) is 14.8. The number of nitrogen functional groups attached to an aromatic ring is 1. The highest BCUT2D eigenvalue weighted by Crippen LogP contribution is 2.17. The quantitative estimate of drug-likeness (QED) is 0.825. The van der Waals surface area contributed by atoms with E-state index < -0.39 is 18.0 Å². The van der Waals surface area contributed by atoms with Gasteiger partial charge in [0.25, 0.3) is 0 Å². The molecule has 3 rings (SSSR count). The number of nitrogens with two attached hydrogens (primary N) is 1. The molecule has 142 valence electrons. The number of halogens is 1. The molecule has 0 unspecified atom stereocenters. The van der Waals surface area contributed by atoms with E-state index in [0.29, 0.717) is 24.4 Å². The van der Waals surface area contributed by atoms with Crippen LogP contribution in [0.25, 0.3) is 0 Å². The molecule has 2 heterocycles. The van der Waals surface area contributed by atoms with Crippen molar-refractivity contribution in [2.24, 2.45) is 4.99 Å². The lowest BCUT2D eigenvalue weighted by Crippen LogP contribution is -2.46. The Morgan fingerprint density at radius 3 is 3.19 bits per heavy atom. The number of hydrogen-bond donors (Lipinski definition) is 1. The van der Waals surface area contributed by atoms with E-state index in [2.05, 4.69) is 15.0 Å². The van der Waals surface area contributed by atoms with Crippen LogP contribution in [0.3, 0.4) is 0 Å². The van der Waals surface area contributed by atoms with Crippen LogP contribution in [0, 0.1) is 12.7 Å². The van der Waals surface area contributed by atoms with E-state index in [0.717, 1.165) is 5.56 Å². The third kappa shape index (κ3) is 4.98. The number of anilines is 1. The zero-order chi connectivity index (χ0) is 19.2. The van der Waals surface area contributed by atoms with Gasteiger partial charge < -0.3 is 20.1 Å². The van der Waals surface area contributed by atoms with E-state index in [1.807, 2.05) is 0 Å². The number of amides is 1. The molecule has 1 aromatic carbocycles. The topological polar surface area (TPSA) is 103 Å². The smallest absolute Gasteiger partial charge is 0.410 e. The van der Waals surface area contributed by atoms with E-state index in [1.54, 1.807) is 25.3 Å². The number of morpholine rings is 1. The van der Waals surface area contributed by atoms with Crippen LogP contribution in [0.2, 0.25) is 0 Å². The van der Waals surface area contributed by atoms with Crippen molar-refractivity contribution in [2.75, 3.05) is 25.4 Å². The second-order valence-corrected chi connectivity index (χ2v) is 6.08. The molecular weight excluding hydrogens is 353 g/mol. The summed E-state index contributed by atoms with van der Waals surface area (Å²) in [6.45, 7) is 2.66. The number of nitrogens with zero attached hydrogens (tertiary/aromatic N) is 4. The van der Waals surface area contributed by atoms with Crippen molar-refractivity contribution < 1.29 is 18.7 Å². The minimum Gasteiger partial charge on any atom is -0.444 e. The van der Waals surface area contributed by atoms with Gasteiger partial charge in [-0.25, -0.2) is 19.2 Å². The molecule has 0 radical (unpaired) electrons. The van der Waals surface area contributed by atoms with Gasteiger partial charge in [0.05, 0.1) is 19.3 Å². The highest BCUT2D eigenvalue weighted by atomic mass is 19.1. The first-order valence-electron chi connectivity index (χ1n) is 8.41. The number of aromatic nitrogens is 2. The average Bonchev–Trinajstić information content (AvgIpc) is 2.67. The van der Waals surface area contributed by atoms with E-state index >= 15 is 0 Å². The summed E-state index contributed by atoms with van der Waals surface area (Å²) < 4.78 is 24.6. The molecule has 0 saturated carbocycles. The number of aryl methyl sites for hydroxylation is 1. The van der Waals surface area contributed by atoms with E-state index in [4.69, 9.17) is 15.2 Å². The van der Waals surface area contributed by atoms with Gasteiger partial charge in [-0.05, 0) is 18.6 Å². The molecule has 1 fully saturated rings. The van der Waals surface area contributed by atoms with E-state index in [1.165, 1.54) is 23.5 Å². The molecule has 1 aliphatic heterocycles. The lowest BCUT2D eigenvalue weighted by Gasteiger charge is -2.30. The fourth-order valence-corrected chi connectivity index (χ4v) is 2.53. The molecule has 1 atom stereocenters. The summed E-state index contributed by atoms with van der Waals surface area (Å²) in [4.78, 5) is 25.7. The van der Waals surface area contributed by atoms with Crippen LogP contribution >= 0.6 is 0 Å². The van der Waals surface area contributed by atoms with Gasteiger partial charge in [0, 0.05) is 18.3 Å². The number of carbonyl (C=O) groups is 1. The molecule has 8 nitrogen and oxygen atoms in total. The lowest BCUT2D eigenvalue weighted by atomic mass is 10.1. The molecule has 0 spiro atoms. The molecule has 0 bridgehead atoms. The van der Waals surface area contributed by atoms with Crippen molar-refractivity contribution in [3.8, 4) is 0 Å². The Morgan fingerprint density at radius 1 is 1.56 bits per heavy atom. The normalized spacial score (nSPS) is 17.3. The van der Waals surface area contributed by atoms with Gasteiger partial charge >= 0.3 is 6.09 Å². The predicted molar refractivity (Wildman–Crippen MR) is 97.2 cm³/mol. The van der Waals surface area contributed by atoms with Gasteiger partial charge in [-0.15, -0.1) is 0 Å². The van der Waals surface area contributed by atoms with Crippen molar-refractivity contribution in [1.82, 2.24) is 14.9 Å². The van der Waals surface area contributed by atoms with Crippen molar-refractivity contribution in [3.05, 3.63) is 47.7 Å². The molecule has 9 heteroatoms. The molecule has 1 aromatic heterocycles. The van der Waals surface area contributed by atoms with Crippen molar-refractivity contribution in [1.29, 1.82) is 0 Å². The maximum Gasteiger partial charge on any atom is 0.410 e. The third-order valence-electron chi connectivity index (χ3n) is 4.01. The monoisotopic (exact) mass is 373 g/mol. The van der Waals surface area contributed by atoms with Crippen molar-refractivity contribution in [3.63, 3.8) is 0 Å². The Hall–Kier alpha value is -3.07. The van der Waals surface area contributed by atoms with Gasteiger partial charge in [-0.2, -0.15) is 0 Å². The maximum absolute atomic E-state index is 13.8. The molecule has 2 N–H and O–H groups in total. The van der Waals surface area contributed by atoms with Gasteiger partial charge in [0.15, 0.2) is 5.82 Å². The Labute approximate surface area is 155 Å². The molecule has 0 aliphatic carbocycles. The van der Waals surface area contributed by atoms with Crippen molar-refractivity contribution in [2.45, 2.75) is 19.6 Å². The number of ether oxygens (including phenoxy) is 2. The summed E-state index contributed by atoms with van der Waals surface area (Å²) in [6.07, 6.45) is 3.43. The number of benzene rings is 1. The predicted octanol–water partition coefficient (Wildman–Crippen LogP) is 2.25. The van der Waals surface area contributed by atoms with Gasteiger partial charge in [0.2, 0.25) is 0 Å². The Kier molecular flexibility index (Phi) is 5.92. The molecular formula is C18H20FN5O3. The van der Waals surface area contributed by atoms with Gasteiger partial charge in [-0.3, -0.25) is 4.99 Å². The first-order valence-corrected chi connectivity index (χ1v) is 8.41. The summed E-state index contributed by atoms with van der Waals surface area (Å²) in [7, 11) is 0. The SMILES string of the molecule is Cc1ccc(COC(=O)N2CCO[C@H](/C=N/c3cncnc3N)C2)c(F)c1. The molecule has 27 heavy (non-hydrogen) atoms. The molecule has 1 saturated heterocycles. The number of rotatable bonds is 4. The molecule has 1 aliphatic rings.